The Hall–Kier alpha value is -3.17. The molecule has 0 bridgehead atoms. The summed E-state index contributed by atoms with van der Waals surface area (Å²) in [5.41, 5.74) is 2.44. The molecular formula is C21H23N3O5S. The molecule has 1 amide bonds. The van der Waals surface area contributed by atoms with Gasteiger partial charge in [-0.15, -0.1) is 0 Å². The van der Waals surface area contributed by atoms with E-state index < -0.39 is 12.0 Å². The normalized spacial score (nSPS) is 16.3. The quantitative estimate of drug-likeness (QED) is 0.394. The van der Waals surface area contributed by atoms with Crippen LogP contribution in [0.2, 0.25) is 0 Å². The van der Waals surface area contributed by atoms with Crippen LogP contribution in [0, 0.1) is 0 Å². The second kappa shape index (κ2) is 9.55. The van der Waals surface area contributed by atoms with E-state index in [4.69, 9.17) is 26.1 Å². The highest BCUT2D eigenvalue weighted by Crippen LogP contribution is 2.32. The number of hydrogen-bond donors (Lipinski definition) is 2. The molecule has 0 radical (unpaired) electrons. The molecule has 0 saturated carbocycles. The molecule has 0 saturated heterocycles. The summed E-state index contributed by atoms with van der Waals surface area (Å²) in [5, 5.41) is 6.45. The van der Waals surface area contributed by atoms with Gasteiger partial charge >= 0.3 is 5.97 Å². The number of ether oxygens (including phenoxy) is 2. The number of rotatable bonds is 7. The first-order valence-electron chi connectivity index (χ1n) is 9.28. The Bertz CT molecular complexity index is 971. The van der Waals surface area contributed by atoms with E-state index in [0.717, 1.165) is 5.56 Å². The van der Waals surface area contributed by atoms with Crippen molar-refractivity contribution in [3.63, 3.8) is 0 Å². The summed E-state index contributed by atoms with van der Waals surface area (Å²) in [6.07, 6.45) is 1.43. The first kappa shape index (κ1) is 21.5. The van der Waals surface area contributed by atoms with Gasteiger partial charge in [0.1, 0.15) is 6.61 Å². The highest BCUT2D eigenvalue weighted by Gasteiger charge is 2.33. The number of esters is 1. The third-order valence-electron chi connectivity index (χ3n) is 4.72. The second-order valence-electron chi connectivity index (χ2n) is 6.63. The van der Waals surface area contributed by atoms with E-state index in [1.54, 1.807) is 42.3 Å². The van der Waals surface area contributed by atoms with Crippen molar-refractivity contribution < 1.29 is 23.5 Å². The zero-order valence-electron chi connectivity index (χ0n) is 16.9. The van der Waals surface area contributed by atoms with Crippen LogP contribution >= 0.6 is 12.2 Å². The highest BCUT2D eigenvalue weighted by atomic mass is 32.1. The van der Waals surface area contributed by atoms with Gasteiger partial charge in [-0.05, 0) is 49.0 Å². The minimum Gasteiger partial charge on any atom is -0.460 e. The van der Waals surface area contributed by atoms with Crippen molar-refractivity contribution >= 4 is 34.9 Å². The summed E-state index contributed by atoms with van der Waals surface area (Å²) >= 11 is 5.41. The van der Waals surface area contributed by atoms with Gasteiger partial charge in [-0.25, -0.2) is 4.79 Å². The summed E-state index contributed by atoms with van der Waals surface area (Å²) in [6, 6.07) is 9.88. The Balaban J connectivity index is 1.88. The summed E-state index contributed by atoms with van der Waals surface area (Å²) in [6.45, 7) is 2.26. The lowest BCUT2D eigenvalue weighted by atomic mass is 9.95. The van der Waals surface area contributed by atoms with Crippen LogP contribution in [-0.4, -0.2) is 49.3 Å². The number of carbonyl (C=O) groups is 2. The molecule has 2 heterocycles. The van der Waals surface area contributed by atoms with E-state index in [1.165, 1.54) is 13.4 Å². The van der Waals surface area contributed by atoms with Crippen molar-refractivity contribution in [2.24, 2.45) is 0 Å². The first-order valence-corrected chi connectivity index (χ1v) is 9.69. The zero-order valence-corrected chi connectivity index (χ0v) is 17.7. The lowest BCUT2D eigenvalue weighted by Gasteiger charge is -2.35. The number of benzene rings is 1. The van der Waals surface area contributed by atoms with Crippen LogP contribution in [-0.2, 0) is 14.3 Å². The van der Waals surface area contributed by atoms with Crippen LogP contribution in [0.25, 0.3) is 0 Å². The average molecular weight is 429 g/mol. The van der Waals surface area contributed by atoms with E-state index >= 15 is 0 Å². The number of anilines is 1. The number of allylic oxidation sites excluding steroid dienone is 1. The van der Waals surface area contributed by atoms with E-state index in [9.17, 15) is 9.59 Å². The highest BCUT2D eigenvalue weighted by molar-refractivity contribution is 7.80. The van der Waals surface area contributed by atoms with Gasteiger partial charge in [0.25, 0.3) is 5.91 Å². The molecule has 3 rings (SSSR count). The summed E-state index contributed by atoms with van der Waals surface area (Å²) < 4.78 is 15.4. The van der Waals surface area contributed by atoms with Crippen molar-refractivity contribution in [3.8, 4) is 0 Å². The molecule has 2 aromatic rings. The topological polar surface area (TPSA) is 93.0 Å². The monoisotopic (exact) mass is 429 g/mol. The van der Waals surface area contributed by atoms with E-state index in [-0.39, 0.29) is 18.3 Å². The predicted octanol–water partition coefficient (Wildman–Crippen LogP) is 2.86. The van der Waals surface area contributed by atoms with Gasteiger partial charge in [0.05, 0.1) is 24.5 Å². The Labute approximate surface area is 179 Å². The third-order valence-corrected chi connectivity index (χ3v) is 5.11. The lowest BCUT2D eigenvalue weighted by molar-refractivity contribution is -0.140. The van der Waals surface area contributed by atoms with Gasteiger partial charge in [-0.1, -0.05) is 12.1 Å². The molecule has 158 valence electrons. The van der Waals surface area contributed by atoms with Crippen LogP contribution in [0.3, 0.4) is 0 Å². The average Bonchev–Trinajstić information content (AvgIpc) is 3.27. The van der Waals surface area contributed by atoms with E-state index in [0.29, 0.717) is 28.7 Å². The number of methoxy groups -OCH3 is 1. The van der Waals surface area contributed by atoms with Crippen molar-refractivity contribution in [3.05, 3.63) is 65.3 Å². The summed E-state index contributed by atoms with van der Waals surface area (Å²) in [7, 11) is 3.32. The summed E-state index contributed by atoms with van der Waals surface area (Å²) in [4.78, 5) is 26.8. The fourth-order valence-electron chi connectivity index (χ4n) is 3.04. The molecule has 1 atom stereocenters. The van der Waals surface area contributed by atoms with Crippen molar-refractivity contribution in [2.75, 3.05) is 32.7 Å². The molecule has 0 aliphatic carbocycles. The van der Waals surface area contributed by atoms with Crippen molar-refractivity contribution in [1.29, 1.82) is 0 Å². The molecule has 1 aromatic heterocycles. The molecule has 1 aromatic carbocycles. The number of furan rings is 1. The van der Waals surface area contributed by atoms with Crippen LogP contribution in [0.15, 0.2) is 58.3 Å². The molecule has 1 unspecified atom stereocenters. The van der Waals surface area contributed by atoms with E-state index in [2.05, 4.69) is 10.6 Å². The van der Waals surface area contributed by atoms with E-state index in [1.807, 2.05) is 13.0 Å². The van der Waals surface area contributed by atoms with Gasteiger partial charge in [-0.2, -0.15) is 0 Å². The smallest absolute Gasteiger partial charge is 0.338 e. The molecule has 30 heavy (non-hydrogen) atoms. The van der Waals surface area contributed by atoms with Crippen molar-refractivity contribution in [2.45, 2.75) is 13.0 Å². The fraction of sp³-hybridized carbons (Fsp3) is 0.286. The third kappa shape index (κ3) is 4.69. The maximum absolute atomic E-state index is 12.8. The Kier molecular flexibility index (Phi) is 6.86. The number of nitrogens with one attached hydrogen (secondary N) is 2. The minimum atomic E-state index is -0.524. The molecule has 1 aliphatic heterocycles. The van der Waals surface area contributed by atoms with Gasteiger partial charge in [0, 0.05) is 25.5 Å². The second-order valence-corrected chi connectivity index (χ2v) is 7.01. The Morgan fingerprint density at radius 1 is 1.27 bits per heavy atom. The number of hydrogen-bond acceptors (Lipinski definition) is 6. The molecule has 0 fully saturated rings. The molecule has 1 aliphatic rings. The largest absolute Gasteiger partial charge is 0.460 e. The maximum Gasteiger partial charge on any atom is 0.338 e. The van der Waals surface area contributed by atoms with Gasteiger partial charge in [0.15, 0.2) is 10.9 Å². The molecule has 9 heteroatoms. The molecule has 0 spiro atoms. The standard InChI is InChI=1S/C21H23N3O5S/c1-13-17(20(26)29-11-10-27-3)18(23-21(30)24(13)2)14-6-4-7-15(12-14)22-19(25)16-8-5-9-28-16/h4-9,12,18H,10-11H2,1-3H3,(H,22,25)(H,23,30). The zero-order chi connectivity index (χ0) is 21.7. The minimum absolute atomic E-state index is 0.145. The number of nitrogens with zero attached hydrogens (tertiary/aromatic N) is 1. The number of amides is 1. The predicted molar refractivity (Wildman–Crippen MR) is 115 cm³/mol. The van der Waals surface area contributed by atoms with Crippen LogP contribution in [0.4, 0.5) is 5.69 Å². The van der Waals surface area contributed by atoms with Crippen LogP contribution < -0.4 is 10.6 Å². The fourth-order valence-corrected chi connectivity index (χ4v) is 3.30. The molecular weight excluding hydrogens is 406 g/mol. The van der Waals surface area contributed by atoms with Gasteiger partial charge < -0.3 is 29.4 Å². The van der Waals surface area contributed by atoms with Crippen LogP contribution in [0.5, 0.6) is 0 Å². The van der Waals surface area contributed by atoms with Gasteiger partial charge in [-0.3, -0.25) is 4.79 Å². The van der Waals surface area contributed by atoms with Crippen LogP contribution in [0.1, 0.15) is 29.1 Å². The lowest BCUT2D eigenvalue weighted by Crippen LogP contribution is -2.46. The summed E-state index contributed by atoms with van der Waals surface area (Å²) in [5.74, 6) is -0.617. The van der Waals surface area contributed by atoms with Gasteiger partial charge in [0.2, 0.25) is 0 Å². The first-order chi connectivity index (χ1) is 14.4. The SMILES string of the molecule is COCCOC(=O)C1=C(C)N(C)C(=S)NC1c1cccc(NC(=O)c2ccco2)c1. The van der Waals surface area contributed by atoms with Crippen molar-refractivity contribution in [1.82, 2.24) is 10.2 Å². The number of thiocarbonyl (C=S) groups is 1. The Morgan fingerprint density at radius 2 is 2.07 bits per heavy atom. The Morgan fingerprint density at radius 3 is 2.77 bits per heavy atom. The number of carbonyl (C=O) groups excluding carboxylic acids is 2. The molecule has 8 nitrogen and oxygen atoms in total. The maximum atomic E-state index is 12.8. The molecule has 2 N–H and O–H groups in total.